The predicted octanol–water partition coefficient (Wildman–Crippen LogP) is 4.10. The topological polar surface area (TPSA) is 58.2 Å². The zero-order valence-corrected chi connectivity index (χ0v) is 16.8. The van der Waals surface area contributed by atoms with Gasteiger partial charge < -0.3 is 10.6 Å². The number of amides is 1. The molecular formula is C19H19Cl2FN2O2S. The number of Topliss-reactive ketones (excluding diaryl/α,β-unsaturated/α-hetero) is 1. The monoisotopic (exact) mass is 428 g/mol. The first-order valence-corrected chi connectivity index (χ1v) is 9.75. The van der Waals surface area contributed by atoms with Crippen molar-refractivity contribution < 1.29 is 14.0 Å². The highest BCUT2D eigenvalue weighted by atomic mass is 35.5. The van der Waals surface area contributed by atoms with E-state index in [1.165, 1.54) is 11.8 Å². The number of benzene rings is 2. The second kappa shape index (κ2) is 10.1. The molecule has 1 heterocycles. The second-order valence-electron chi connectivity index (χ2n) is 5.96. The van der Waals surface area contributed by atoms with Gasteiger partial charge in [0.15, 0.2) is 5.78 Å². The third-order valence-electron chi connectivity index (χ3n) is 4.11. The molecule has 0 aliphatic carbocycles. The third-order valence-corrected chi connectivity index (χ3v) is 5.30. The lowest BCUT2D eigenvalue weighted by Crippen LogP contribution is -2.25. The lowest BCUT2D eigenvalue weighted by molar-refractivity contribution is -0.113. The van der Waals surface area contributed by atoms with Gasteiger partial charge >= 0.3 is 0 Å². The Labute approximate surface area is 172 Å². The van der Waals surface area contributed by atoms with Gasteiger partial charge in [-0.2, -0.15) is 0 Å². The molecule has 0 spiro atoms. The first-order valence-electron chi connectivity index (χ1n) is 8.22. The lowest BCUT2D eigenvalue weighted by atomic mass is 9.99. The van der Waals surface area contributed by atoms with Crippen LogP contribution in [-0.2, 0) is 17.8 Å². The minimum Gasteiger partial charge on any atom is -0.323 e. The van der Waals surface area contributed by atoms with Crippen LogP contribution in [0.25, 0.3) is 0 Å². The molecule has 2 aromatic carbocycles. The molecule has 144 valence electrons. The Kier molecular flexibility index (Phi) is 8.10. The second-order valence-corrected chi connectivity index (χ2v) is 7.38. The van der Waals surface area contributed by atoms with Crippen molar-refractivity contribution in [2.45, 2.75) is 13.0 Å². The van der Waals surface area contributed by atoms with Crippen molar-refractivity contribution in [3.8, 4) is 0 Å². The van der Waals surface area contributed by atoms with E-state index < -0.39 is 0 Å². The minimum absolute atomic E-state index is 0. The highest BCUT2D eigenvalue weighted by Gasteiger charge is 2.17. The summed E-state index contributed by atoms with van der Waals surface area (Å²) in [4.78, 5) is 24.1. The number of hydrogen-bond donors (Lipinski definition) is 2. The van der Waals surface area contributed by atoms with Crippen molar-refractivity contribution in [1.82, 2.24) is 5.32 Å². The zero-order valence-electron chi connectivity index (χ0n) is 14.4. The number of fused-ring (bicyclic) bond motifs is 1. The summed E-state index contributed by atoms with van der Waals surface area (Å²) in [6, 6.07) is 10.0. The van der Waals surface area contributed by atoms with E-state index in [0.717, 1.165) is 12.1 Å². The maximum Gasteiger partial charge on any atom is 0.234 e. The van der Waals surface area contributed by atoms with Crippen molar-refractivity contribution in [2.75, 3.05) is 23.4 Å². The molecule has 8 heteroatoms. The Balaban J connectivity index is 0.00000261. The fourth-order valence-electron chi connectivity index (χ4n) is 2.77. The fourth-order valence-corrected chi connectivity index (χ4v) is 3.61. The molecule has 4 nitrogen and oxygen atoms in total. The first kappa shape index (κ1) is 21.7. The van der Waals surface area contributed by atoms with Gasteiger partial charge in [-0.1, -0.05) is 17.7 Å². The normalized spacial score (nSPS) is 12.7. The molecule has 1 amide bonds. The van der Waals surface area contributed by atoms with Crippen molar-refractivity contribution in [3.05, 3.63) is 63.9 Å². The van der Waals surface area contributed by atoms with Crippen molar-refractivity contribution in [3.63, 3.8) is 0 Å². The number of thioether (sulfide) groups is 1. The van der Waals surface area contributed by atoms with Crippen LogP contribution in [-0.4, -0.2) is 29.7 Å². The average molecular weight is 429 g/mol. The van der Waals surface area contributed by atoms with E-state index in [4.69, 9.17) is 11.6 Å². The van der Waals surface area contributed by atoms with Crippen LogP contribution in [0.15, 0.2) is 36.4 Å². The van der Waals surface area contributed by atoms with Crippen LogP contribution in [0.2, 0.25) is 5.02 Å². The molecule has 2 N–H and O–H groups in total. The highest BCUT2D eigenvalue weighted by Crippen LogP contribution is 2.24. The molecule has 0 radical (unpaired) electrons. The Morgan fingerprint density at radius 2 is 1.89 bits per heavy atom. The highest BCUT2D eigenvalue weighted by molar-refractivity contribution is 8.00. The van der Waals surface area contributed by atoms with Crippen LogP contribution in [0.1, 0.15) is 21.5 Å². The fraction of sp³-hybridized carbons (Fsp3) is 0.263. The number of hydrogen-bond acceptors (Lipinski definition) is 4. The zero-order chi connectivity index (χ0) is 18.5. The molecule has 1 aliphatic rings. The smallest absolute Gasteiger partial charge is 0.234 e. The average Bonchev–Trinajstić information content (AvgIpc) is 2.65. The van der Waals surface area contributed by atoms with E-state index in [2.05, 4.69) is 10.6 Å². The maximum absolute atomic E-state index is 14.5. The molecule has 1 aliphatic heterocycles. The molecule has 0 fully saturated rings. The summed E-state index contributed by atoms with van der Waals surface area (Å²) in [5.74, 6) is -0.511. The number of carbonyl (C=O) groups is 2. The van der Waals surface area contributed by atoms with Crippen LogP contribution in [0.5, 0.6) is 0 Å². The molecule has 3 rings (SSSR count). The van der Waals surface area contributed by atoms with E-state index >= 15 is 0 Å². The van der Waals surface area contributed by atoms with Gasteiger partial charge in [0.25, 0.3) is 0 Å². The Hall–Kier alpha value is -1.60. The van der Waals surface area contributed by atoms with Crippen LogP contribution >= 0.6 is 35.8 Å². The number of ketones is 1. The summed E-state index contributed by atoms with van der Waals surface area (Å²) in [7, 11) is 0. The molecule has 27 heavy (non-hydrogen) atoms. The van der Waals surface area contributed by atoms with Gasteiger partial charge in [-0.15, -0.1) is 24.2 Å². The number of carbonyl (C=O) groups excluding carboxylic acids is 2. The standard InChI is InChI=1S/C19H18ClFN2O2S.ClH/c20-14-4-1-12(2-5-14)17(24)10-26-11-18(25)23-16-6-3-13-9-22-8-7-15(13)19(16)21;/h1-6,22H,7-11H2,(H,23,25);1H. The van der Waals surface area contributed by atoms with Gasteiger partial charge in [0.2, 0.25) is 5.91 Å². The molecular weight excluding hydrogens is 410 g/mol. The number of rotatable bonds is 6. The maximum atomic E-state index is 14.5. The molecule has 0 aromatic heterocycles. The molecule has 0 saturated carbocycles. The van der Waals surface area contributed by atoms with Gasteiger partial charge in [-0.25, -0.2) is 4.39 Å². The van der Waals surface area contributed by atoms with Gasteiger partial charge in [0.05, 0.1) is 17.2 Å². The van der Waals surface area contributed by atoms with E-state index in [1.54, 1.807) is 30.3 Å². The largest absolute Gasteiger partial charge is 0.323 e. The van der Waals surface area contributed by atoms with Gasteiger partial charge in [0.1, 0.15) is 5.82 Å². The quantitative estimate of drug-likeness (QED) is 0.679. The molecule has 0 saturated heterocycles. The molecule has 0 atom stereocenters. The van der Waals surface area contributed by atoms with Crippen LogP contribution < -0.4 is 10.6 Å². The Morgan fingerprint density at radius 3 is 2.63 bits per heavy atom. The third kappa shape index (κ3) is 5.69. The van der Waals surface area contributed by atoms with E-state index in [9.17, 15) is 14.0 Å². The number of nitrogens with one attached hydrogen (secondary N) is 2. The SMILES string of the molecule is Cl.O=C(CSCC(=O)c1ccc(Cl)cc1)Nc1ccc2c(c1F)CCNC2. The van der Waals surface area contributed by atoms with Crippen molar-refractivity contribution in [1.29, 1.82) is 0 Å². The van der Waals surface area contributed by atoms with Crippen LogP contribution in [0.4, 0.5) is 10.1 Å². The number of halogens is 3. The summed E-state index contributed by atoms with van der Waals surface area (Å²) in [6.45, 7) is 1.37. The summed E-state index contributed by atoms with van der Waals surface area (Å²) in [5.41, 5.74) is 2.33. The lowest BCUT2D eigenvalue weighted by Gasteiger charge is -2.19. The van der Waals surface area contributed by atoms with Crippen molar-refractivity contribution in [2.24, 2.45) is 0 Å². The first-order chi connectivity index (χ1) is 12.5. The van der Waals surface area contributed by atoms with Crippen LogP contribution in [0, 0.1) is 5.82 Å². The molecule has 2 aromatic rings. The van der Waals surface area contributed by atoms with Gasteiger partial charge in [-0.3, -0.25) is 9.59 Å². The van der Waals surface area contributed by atoms with Gasteiger partial charge in [0, 0.05) is 17.1 Å². The van der Waals surface area contributed by atoms with E-state index in [-0.39, 0.29) is 47.1 Å². The molecule has 0 unspecified atom stereocenters. The number of anilines is 1. The summed E-state index contributed by atoms with van der Waals surface area (Å²) >= 11 is 6.99. The van der Waals surface area contributed by atoms with E-state index in [1.807, 2.05) is 6.07 Å². The van der Waals surface area contributed by atoms with Gasteiger partial charge in [-0.05, 0) is 54.4 Å². The summed E-state index contributed by atoms with van der Waals surface area (Å²) < 4.78 is 14.5. The summed E-state index contributed by atoms with van der Waals surface area (Å²) in [5, 5.41) is 6.35. The van der Waals surface area contributed by atoms with E-state index in [0.29, 0.717) is 29.1 Å². The van der Waals surface area contributed by atoms with Crippen molar-refractivity contribution >= 4 is 53.1 Å². The molecule has 0 bridgehead atoms. The van der Waals surface area contributed by atoms with Crippen LogP contribution in [0.3, 0.4) is 0 Å². The predicted molar refractivity (Wildman–Crippen MR) is 111 cm³/mol. The minimum atomic E-state index is -0.361. The Morgan fingerprint density at radius 1 is 1.15 bits per heavy atom. The Bertz CT molecular complexity index is 831. The summed E-state index contributed by atoms with van der Waals surface area (Å²) in [6.07, 6.45) is 0.606.